The topological polar surface area (TPSA) is 49.4 Å². The summed E-state index contributed by atoms with van der Waals surface area (Å²) in [5.74, 6) is -0.415. The van der Waals surface area contributed by atoms with Gasteiger partial charge in [-0.1, -0.05) is 31.2 Å². The van der Waals surface area contributed by atoms with Crippen molar-refractivity contribution in [3.05, 3.63) is 57.7 Å². The number of halogens is 1. The third kappa shape index (κ3) is 3.61. The Labute approximate surface area is 155 Å². The summed E-state index contributed by atoms with van der Waals surface area (Å²) >= 11 is 2.19. The highest BCUT2D eigenvalue weighted by Crippen LogP contribution is 2.27. The van der Waals surface area contributed by atoms with Crippen LogP contribution in [0.4, 0.5) is 11.4 Å². The van der Waals surface area contributed by atoms with Gasteiger partial charge in [0.15, 0.2) is 0 Å². The summed E-state index contributed by atoms with van der Waals surface area (Å²) in [7, 11) is 0. The lowest BCUT2D eigenvalue weighted by molar-refractivity contribution is -0.122. The van der Waals surface area contributed by atoms with E-state index in [4.69, 9.17) is 0 Å². The monoisotopic (exact) mass is 434 g/mol. The van der Waals surface area contributed by atoms with Crippen LogP contribution in [0.2, 0.25) is 0 Å². The smallest absolute Gasteiger partial charge is 0.229 e. The molecule has 1 heterocycles. The Balaban J connectivity index is 1.69. The molecule has 5 heteroatoms. The van der Waals surface area contributed by atoms with Gasteiger partial charge in [-0.05, 0) is 58.8 Å². The molecule has 1 N–H and O–H groups in total. The number of hydrogen-bond donors (Lipinski definition) is 1. The molecule has 0 saturated carbocycles. The molecule has 2 aromatic carbocycles. The van der Waals surface area contributed by atoms with Crippen molar-refractivity contribution in [3.8, 4) is 0 Å². The maximum atomic E-state index is 12.5. The van der Waals surface area contributed by atoms with Crippen LogP contribution in [0.1, 0.15) is 18.9 Å². The first-order chi connectivity index (χ1) is 11.6. The lowest BCUT2D eigenvalue weighted by atomic mass is 10.1. The van der Waals surface area contributed by atoms with Gasteiger partial charge in [0, 0.05) is 22.2 Å². The van der Waals surface area contributed by atoms with E-state index in [2.05, 4.69) is 34.8 Å². The molecule has 2 aromatic rings. The number of benzene rings is 2. The highest BCUT2D eigenvalue weighted by molar-refractivity contribution is 14.1. The van der Waals surface area contributed by atoms with E-state index in [0.29, 0.717) is 6.54 Å². The van der Waals surface area contributed by atoms with Crippen molar-refractivity contribution < 1.29 is 9.59 Å². The molecule has 1 fully saturated rings. The average molecular weight is 434 g/mol. The number of anilines is 2. The van der Waals surface area contributed by atoms with Crippen LogP contribution in [-0.4, -0.2) is 18.4 Å². The molecule has 124 valence electrons. The van der Waals surface area contributed by atoms with Crippen molar-refractivity contribution in [2.45, 2.75) is 19.8 Å². The van der Waals surface area contributed by atoms with Crippen molar-refractivity contribution >= 4 is 45.8 Å². The predicted octanol–water partition coefficient (Wildman–Crippen LogP) is 3.85. The lowest BCUT2D eigenvalue weighted by Crippen LogP contribution is -2.28. The molecule has 24 heavy (non-hydrogen) atoms. The minimum Gasteiger partial charge on any atom is -0.325 e. The second kappa shape index (κ2) is 7.34. The van der Waals surface area contributed by atoms with Crippen LogP contribution in [0.25, 0.3) is 0 Å². The molecule has 0 spiro atoms. The first kappa shape index (κ1) is 17.0. The van der Waals surface area contributed by atoms with E-state index in [9.17, 15) is 9.59 Å². The average Bonchev–Trinajstić information content (AvgIpc) is 2.99. The van der Waals surface area contributed by atoms with E-state index in [1.54, 1.807) is 4.90 Å². The van der Waals surface area contributed by atoms with Crippen molar-refractivity contribution in [3.63, 3.8) is 0 Å². The number of nitrogens with zero attached hydrogens (tertiary/aromatic N) is 1. The van der Waals surface area contributed by atoms with Gasteiger partial charge in [0.1, 0.15) is 0 Å². The highest BCUT2D eigenvalue weighted by Gasteiger charge is 2.35. The Hall–Kier alpha value is -1.89. The summed E-state index contributed by atoms with van der Waals surface area (Å²) in [6.45, 7) is 2.53. The molecule has 1 aliphatic rings. The Bertz CT molecular complexity index is 758. The zero-order chi connectivity index (χ0) is 17.1. The summed E-state index contributed by atoms with van der Waals surface area (Å²) in [5.41, 5.74) is 2.89. The van der Waals surface area contributed by atoms with E-state index < -0.39 is 0 Å². The zero-order valence-corrected chi connectivity index (χ0v) is 15.6. The van der Waals surface area contributed by atoms with E-state index in [0.717, 1.165) is 21.4 Å². The Morgan fingerprint density at radius 2 is 1.92 bits per heavy atom. The van der Waals surface area contributed by atoms with Crippen LogP contribution < -0.4 is 10.2 Å². The number of para-hydroxylation sites is 1. The molecule has 0 radical (unpaired) electrons. The van der Waals surface area contributed by atoms with E-state index in [-0.39, 0.29) is 24.2 Å². The molecule has 1 aliphatic heterocycles. The maximum Gasteiger partial charge on any atom is 0.229 e. The summed E-state index contributed by atoms with van der Waals surface area (Å²) in [5, 5.41) is 2.94. The normalized spacial score (nSPS) is 17.2. The molecule has 0 bridgehead atoms. The highest BCUT2D eigenvalue weighted by atomic mass is 127. The molecule has 4 nitrogen and oxygen atoms in total. The number of rotatable bonds is 4. The van der Waals surface area contributed by atoms with E-state index in [1.807, 2.05) is 48.5 Å². The van der Waals surface area contributed by atoms with Crippen LogP contribution >= 0.6 is 22.6 Å². The first-order valence-corrected chi connectivity index (χ1v) is 9.11. The van der Waals surface area contributed by atoms with Gasteiger partial charge in [0.2, 0.25) is 11.8 Å². The molecule has 1 atom stereocenters. The van der Waals surface area contributed by atoms with E-state index in [1.165, 1.54) is 5.56 Å². The fraction of sp³-hybridized carbons (Fsp3) is 0.263. The largest absolute Gasteiger partial charge is 0.325 e. The predicted molar refractivity (Wildman–Crippen MR) is 104 cm³/mol. The second-order valence-electron chi connectivity index (χ2n) is 5.89. The van der Waals surface area contributed by atoms with Gasteiger partial charge in [-0.3, -0.25) is 9.59 Å². The molecular weight excluding hydrogens is 415 g/mol. The minimum absolute atomic E-state index is 0.00200. The second-order valence-corrected chi connectivity index (χ2v) is 7.06. The molecule has 3 rings (SSSR count). The van der Waals surface area contributed by atoms with Crippen LogP contribution in [0, 0.1) is 9.49 Å². The first-order valence-electron chi connectivity index (χ1n) is 8.03. The summed E-state index contributed by atoms with van der Waals surface area (Å²) in [6.07, 6.45) is 1.22. The van der Waals surface area contributed by atoms with Gasteiger partial charge in [0.25, 0.3) is 0 Å². The summed E-state index contributed by atoms with van der Waals surface area (Å²) in [6, 6.07) is 15.6. The van der Waals surface area contributed by atoms with Crippen molar-refractivity contribution in [1.82, 2.24) is 0 Å². The van der Waals surface area contributed by atoms with Crippen molar-refractivity contribution in [2.24, 2.45) is 5.92 Å². The number of aryl methyl sites for hydroxylation is 1. The Morgan fingerprint density at radius 3 is 2.58 bits per heavy atom. The molecule has 0 aliphatic carbocycles. The van der Waals surface area contributed by atoms with Gasteiger partial charge in [0.05, 0.1) is 11.6 Å². The third-order valence-corrected chi connectivity index (χ3v) is 5.22. The standard InChI is InChI=1S/C19H19IN2O2/c1-2-13-7-9-15(10-8-13)22-12-14(11-18(22)23)19(24)21-17-6-4-3-5-16(17)20/h3-10,14H,2,11-12H2,1H3,(H,21,24). The molecule has 1 unspecified atom stereocenters. The number of nitrogens with one attached hydrogen (secondary N) is 1. The number of carbonyl (C=O) groups is 2. The van der Waals surface area contributed by atoms with E-state index >= 15 is 0 Å². The minimum atomic E-state index is -0.320. The Kier molecular flexibility index (Phi) is 5.18. The SMILES string of the molecule is CCc1ccc(N2CC(C(=O)Nc3ccccc3I)CC2=O)cc1. The van der Waals surface area contributed by atoms with Crippen LogP contribution in [0.3, 0.4) is 0 Å². The van der Waals surface area contributed by atoms with Crippen molar-refractivity contribution in [1.29, 1.82) is 0 Å². The van der Waals surface area contributed by atoms with Gasteiger partial charge in [-0.25, -0.2) is 0 Å². The maximum absolute atomic E-state index is 12.5. The molecule has 0 aromatic heterocycles. The summed E-state index contributed by atoms with van der Waals surface area (Å²) in [4.78, 5) is 26.5. The fourth-order valence-corrected chi connectivity index (χ4v) is 3.36. The van der Waals surface area contributed by atoms with Gasteiger partial charge in [-0.15, -0.1) is 0 Å². The van der Waals surface area contributed by atoms with Crippen LogP contribution in [0.5, 0.6) is 0 Å². The van der Waals surface area contributed by atoms with Gasteiger partial charge < -0.3 is 10.2 Å². The van der Waals surface area contributed by atoms with Crippen LogP contribution in [-0.2, 0) is 16.0 Å². The molecule has 2 amide bonds. The van der Waals surface area contributed by atoms with Crippen molar-refractivity contribution in [2.75, 3.05) is 16.8 Å². The third-order valence-electron chi connectivity index (χ3n) is 4.28. The number of carbonyl (C=O) groups excluding carboxylic acids is 2. The van der Waals surface area contributed by atoms with Gasteiger partial charge in [-0.2, -0.15) is 0 Å². The lowest BCUT2D eigenvalue weighted by Gasteiger charge is -2.17. The Morgan fingerprint density at radius 1 is 1.21 bits per heavy atom. The molecule has 1 saturated heterocycles. The number of hydrogen-bond acceptors (Lipinski definition) is 2. The summed E-state index contributed by atoms with van der Waals surface area (Å²) < 4.78 is 0.986. The number of amides is 2. The molecular formula is C19H19IN2O2. The fourth-order valence-electron chi connectivity index (χ4n) is 2.84. The van der Waals surface area contributed by atoms with Crippen LogP contribution in [0.15, 0.2) is 48.5 Å². The zero-order valence-electron chi connectivity index (χ0n) is 13.5. The quantitative estimate of drug-likeness (QED) is 0.744. The van der Waals surface area contributed by atoms with Gasteiger partial charge >= 0.3 is 0 Å².